The lowest BCUT2D eigenvalue weighted by Crippen LogP contribution is -2.26. The highest BCUT2D eigenvalue weighted by Crippen LogP contribution is 2.49. The van der Waals surface area contributed by atoms with E-state index in [4.69, 9.17) is 4.98 Å². The van der Waals surface area contributed by atoms with Crippen molar-refractivity contribution in [1.29, 1.82) is 0 Å². The molecule has 0 aliphatic rings. The van der Waals surface area contributed by atoms with Crippen molar-refractivity contribution in [2.75, 3.05) is 0 Å². The van der Waals surface area contributed by atoms with E-state index >= 15 is 4.57 Å². The first-order valence-corrected chi connectivity index (χ1v) is 19.7. The van der Waals surface area contributed by atoms with Crippen LogP contribution < -0.4 is 15.9 Å². The van der Waals surface area contributed by atoms with Crippen LogP contribution >= 0.6 is 7.14 Å². The van der Waals surface area contributed by atoms with Gasteiger partial charge in [-0.2, -0.15) is 0 Å². The summed E-state index contributed by atoms with van der Waals surface area (Å²) in [6, 6.07) is 65.5. The molecule has 0 atom stereocenters. The fourth-order valence-corrected chi connectivity index (χ4v) is 11.8. The standard InChI is InChI=1S/C49H31N2OP/c52-53(34-16-3-1-4-17-34,35-18-5-2-6-19-35)48-39-23-11-9-21-37(39)46(38-22-10-12-24-40(38)48)33-28-29-41-45(31-33)51-44-26-14-13-25-43(44)50-49(51)42-30-27-32-15-7-8-20-36(32)47(41)42/h1-31H. The number of hydrogen-bond donors (Lipinski definition) is 0. The second kappa shape index (κ2) is 11.5. The van der Waals surface area contributed by atoms with Crippen LogP contribution in [0.3, 0.4) is 0 Å². The molecule has 0 radical (unpaired) electrons. The lowest BCUT2D eigenvalue weighted by Gasteiger charge is -2.25. The van der Waals surface area contributed by atoms with Gasteiger partial charge < -0.3 is 4.57 Å². The zero-order chi connectivity index (χ0) is 35.1. The second-order valence-corrected chi connectivity index (χ2v) is 16.5. The number of benzene rings is 9. The van der Waals surface area contributed by atoms with E-state index in [1.807, 2.05) is 60.7 Å². The lowest BCUT2D eigenvalue weighted by molar-refractivity contribution is 0.593. The summed E-state index contributed by atoms with van der Waals surface area (Å²) in [4.78, 5) is 5.23. The van der Waals surface area contributed by atoms with Crippen molar-refractivity contribution < 1.29 is 4.57 Å². The largest absolute Gasteiger partial charge is 0.309 e. The second-order valence-electron chi connectivity index (χ2n) is 13.8. The van der Waals surface area contributed by atoms with E-state index in [1.165, 1.54) is 21.5 Å². The molecule has 0 aliphatic heterocycles. The molecule has 0 amide bonds. The summed E-state index contributed by atoms with van der Waals surface area (Å²) in [5.74, 6) is 0. The van der Waals surface area contributed by atoms with Crippen molar-refractivity contribution in [2.24, 2.45) is 0 Å². The average molecular weight is 695 g/mol. The van der Waals surface area contributed by atoms with Gasteiger partial charge in [0.25, 0.3) is 0 Å². The van der Waals surface area contributed by atoms with Gasteiger partial charge in [-0.3, -0.25) is 4.40 Å². The SMILES string of the molecule is O=P(c1ccccc1)(c1ccccc1)c1c2ccccc2c(-c2ccc3c4c5ccccc5ccc4c4nc5ccccc5n4c3c2)c2ccccc12. The van der Waals surface area contributed by atoms with Gasteiger partial charge in [0.05, 0.1) is 16.6 Å². The zero-order valence-corrected chi connectivity index (χ0v) is 29.5. The van der Waals surface area contributed by atoms with E-state index in [2.05, 4.69) is 132 Å². The van der Waals surface area contributed by atoms with Crippen LogP contribution in [0, 0.1) is 0 Å². The van der Waals surface area contributed by atoms with Crippen molar-refractivity contribution in [3.63, 3.8) is 0 Å². The van der Waals surface area contributed by atoms with E-state index < -0.39 is 7.14 Å². The Balaban J connectivity index is 1.30. The number of aromatic nitrogens is 2. The van der Waals surface area contributed by atoms with Gasteiger partial charge in [-0.1, -0.05) is 164 Å². The molecule has 53 heavy (non-hydrogen) atoms. The van der Waals surface area contributed by atoms with Crippen LogP contribution in [0.25, 0.3) is 81.8 Å². The van der Waals surface area contributed by atoms with Gasteiger partial charge in [-0.05, 0) is 67.7 Å². The molecule has 11 rings (SSSR count). The summed E-state index contributed by atoms with van der Waals surface area (Å²) in [5, 5.41) is 12.6. The Kier molecular flexibility index (Phi) is 6.53. The van der Waals surface area contributed by atoms with Gasteiger partial charge in [0.2, 0.25) is 0 Å². The summed E-state index contributed by atoms with van der Waals surface area (Å²) in [7, 11) is -3.33. The van der Waals surface area contributed by atoms with Crippen LogP contribution in [0.4, 0.5) is 0 Å². The van der Waals surface area contributed by atoms with Crippen LogP contribution in [0.5, 0.6) is 0 Å². The Labute approximate surface area is 305 Å². The molecule has 0 saturated heterocycles. The molecule has 0 N–H and O–H groups in total. The molecule has 0 spiro atoms. The smallest absolute Gasteiger partial charge is 0.172 e. The van der Waals surface area contributed by atoms with Crippen molar-refractivity contribution in [3.8, 4) is 11.1 Å². The van der Waals surface area contributed by atoms with Gasteiger partial charge in [-0.15, -0.1) is 0 Å². The highest BCUT2D eigenvalue weighted by Gasteiger charge is 2.34. The van der Waals surface area contributed by atoms with E-state index in [9.17, 15) is 0 Å². The molecule has 2 aromatic heterocycles. The highest BCUT2D eigenvalue weighted by molar-refractivity contribution is 7.86. The van der Waals surface area contributed by atoms with E-state index in [1.54, 1.807) is 0 Å². The van der Waals surface area contributed by atoms with Crippen LogP contribution in [-0.4, -0.2) is 9.38 Å². The third-order valence-corrected chi connectivity index (χ3v) is 14.1. The number of nitrogens with zero attached hydrogens (tertiary/aromatic N) is 2. The molecule has 0 saturated carbocycles. The van der Waals surface area contributed by atoms with Gasteiger partial charge in [0.1, 0.15) is 5.65 Å². The lowest BCUT2D eigenvalue weighted by atomic mass is 9.90. The predicted molar refractivity (Wildman–Crippen MR) is 225 cm³/mol. The van der Waals surface area contributed by atoms with E-state index in [-0.39, 0.29) is 0 Å². The minimum absolute atomic E-state index is 0.827. The molecule has 248 valence electrons. The Morgan fingerprint density at radius 2 is 0.981 bits per heavy atom. The maximum absolute atomic E-state index is 16.1. The van der Waals surface area contributed by atoms with Crippen molar-refractivity contribution in [3.05, 3.63) is 188 Å². The van der Waals surface area contributed by atoms with Gasteiger partial charge in [0, 0.05) is 32.1 Å². The first-order valence-electron chi connectivity index (χ1n) is 18.0. The minimum Gasteiger partial charge on any atom is -0.309 e. The van der Waals surface area contributed by atoms with Crippen LogP contribution in [-0.2, 0) is 4.57 Å². The molecule has 0 unspecified atom stereocenters. The van der Waals surface area contributed by atoms with Crippen LogP contribution in [0.15, 0.2) is 188 Å². The molecule has 0 bridgehead atoms. The maximum atomic E-state index is 16.1. The molecular weight excluding hydrogens is 664 g/mol. The number of hydrogen-bond acceptors (Lipinski definition) is 2. The maximum Gasteiger partial charge on any atom is 0.172 e. The Hall–Kier alpha value is -6.54. The fraction of sp³-hybridized carbons (Fsp3) is 0. The number of fused-ring (bicyclic) bond motifs is 12. The van der Waals surface area contributed by atoms with Crippen molar-refractivity contribution >= 4 is 93.7 Å². The minimum atomic E-state index is -3.33. The molecule has 11 aromatic rings. The number of rotatable bonds is 4. The molecule has 3 nitrogen and oxygen atoms in total. The molecule has 2 heterocycles. The molecule has 4 heteroatoms. The van der Waals surface area contributed by atoms with Crippen LogP contribution in [0.2, 0.25) is 0 Å². The zero-order valence-electron chi connectivity index (χ0n) is 28.6. The van der Waals surface area contributed by atoms with Gasteiger partial charge in [0.15, 0.2) is 7.14 Å². The Morgan fingerprint density at radius 1 is 0.434 bits per heavy atom. The summed E-state index contributed by atoms with van der Waals surface area (Å²) >= 11 is 0. The quantitative estimate of drug-likeness (QED) is 0.104. The third-order valence-electron chi connectivity index (χ3n) is 11.0. The number of pyridine rings is 1. The summed E-state index contributed by atoms with van der Waals surface area (Å²) in [6.45, 7) is 0. The van der Waals surface area contributed by atoms with Gasteiger partial charge in [-0.25, -0.2) is 4.98 Å². The van der Waals surface area contributed by atoms with Gasteiger partial charge >= 0.3 is 0 Å². The van der Waals surface area contributed by atoms with Crippen LogP contribution in [0.1, 0.15) is 0 Å². The normalized spacial score (nSPS) is 12.2. The first-order chi connectivity index (χ1) is 26.2. The Bertz CT molecular complexity index is 3210. The molecular formula is C49H31N2OP. The van der Waals surface area contributed by atoms with Crippen molar-refractivity contribution in [1.82, 2.24) is 9.38 Å². The summed E-state index contributed by atoms with van der Waals surface area (Å²) in [5.41, 5.74) is 6.34. The first kappa shape index (κ1) is 30.1. The third kappa shape index (κ3) is 4.29. The predicted octanol–water partition coefficient (Wildman–Crippen LogP) is 11.6. The molecule has 9 aromatic carbocycles. The summed E-state index contributed by atoms with van der Waals surface area (Å²) < 4.78 is 18.5. The Morgan fingerprint density at radius 3 is 1.66 bits per heavy atom. The fourth-order valence-electron chi connectivity index (χ4n) is 8.72. The summed E-state index contributed by atoms with van der Waals surface area (Å²) in [6.07, 6.45) is 0. The number of imidazole rings is 1. The molecule has 0 fully saturated rings. The molecule has 0 aliphatic carbocycles. The highest BCUT2D eigenvalue weighted by atomic mass is 31.2. The number of para-hydroxylation sites is 2. The topological polar surface area (TPSA) is 34.4 Å². The monoisotopic (exact) mass is 694 g/mol. The van der Waals surface area contributed by atoms with E-state index in [0.717, 1.165) is 76.2 Å². The van der Waals surface area contributed by atoms with Crippen molar-refractivity contribution in [2.45, 2.75) is 0 Å². The van der Waals surface area contributed by atoms with E-state index in [0.29, 0.717) is 0 Å². The average Bonchev–Trinajstić information content (AvgIpc) is 3.63.